The van der Waals surface area contributed by atoms with Crippen molar-refractivity contribution in [2.75, 3.05) is 0 Å². The van der Waals surface area contributed by atoms with Gasteiger partial charge in [-0.3, -0.25) is 0 Å². The Balaban J connectivity index is 4.23. The molecule has 0 atom stereocenters. The summed E-state index contributed by atoms with van der Waals surface area (Å²) in [6.45, 7) is 0. The lowest BCUT2D eigenvalue weighted by atomic mass is 9.22. The van der Waals surface area contributed by atoms with Crippen molar-refractivity contribution in [1.82, 2.24) is 0 Å². The van der Waals surface area contributed by atoms with E-state index in [4.69, 9.17) is 54.9 Å². The Kier molecular flexibility index (Phi) is 2.96. The average molecular weight is 113 g/mol. The predicted octanol–water partition coefficient (Wildman–Crippen LogP) is -1.90. The Morgan fingerprint density at radius 1 is 0.700 bits per heavy atom. The molecule has 0 amide bonds. The van der Waals surface area contributed by atoms with E-state index in [1.165, 1.54) is 0 Å². The van der Waals surface area contributed by atoms with Crippen molar-refractivity contribution in [3.63, 3.8) is 0 Å². The van der Waals surface area contributed by atoms with Crippen LogP contribution >= 0.6 is 0 Å². The molecule has 0 saturated carbocycles. The summed E-state index contributed by atoms with van der Waals surface area (Å²) in [6, 6.07) is 0. The molecule has 0 nitrogen and oxygen atoms in total. The third-order valence-corrected chi connectivity index (χ3v) is 1.08. The summed E-state index contributed by atoms with van der Waals surface area (Å²) in [7, 11) is 36.2. The van der Waals surface area contributed by atoms with Crippen molar-refractivity contribution < 1.29 is 0 Å². The van der Waals surface area contributed by atoms with Crippen LogP contribution < -0.4 is 0 Å². The van der Waals surface area contributed by atoms with Crippen LogP contribution in [-0.2, 0) is 0 Å². The zero-order valence-electron chi connectivity index (χ0n) is 5.62. The monoisotopic (exact) mass is 114 g/mol. The molecule has 0 saturated heterocycles. The van der Waals surface area contributed by atoms with Crippen LogP contribution in [0.15, 0.2) is 0 Å². The molecular formula is C3HB7. The molecule has 0 aromatic rings. The number of hydrogen-bond acceptors (Lipinski definition) is 0. The summed E-state index contributed by atoms with van der Waals surface area (Å²) in [5.74, 6) is -1.07. The highest BCUT2D eigenvalue weighted by Crippen LogP contribution is 2.40. The highest BCUT2D eigenvalue weighted by atomic mass is 14.1. The van der Waals surface area contributed by atoms with Crippen molar-refractivity contribution in [1.29, 1.82) is 0 Å². The molecule has 0 aromatic heterocycles. The van der Waals surface area contributed by atoms with E-state index < -0.39 is 16.0 Å². The molecule has 0 unspecified atom stereocenters. The van der Waals surface area contributed by atoms with Gasteiger partial charge < -0.3 is 0 Å². The summed E-state index contributed by atoms with van der Waals surface area (Å²) in [6.07, 6.45) is 0. The van der Waals surface area contributed by atoms with E-state index in [0.717, 1.165) is 0 Å². The van der Waals surface area contributed by atoms with Gasteiger partial charge in [0.1, 0.15) is 0 Å². The van der Waals surface area contributed by atoms with Crippen molar-refractivity contribution >= 4 is 54.9 Å². The molecular weight excluding hydrogens is 112 g/mol. The van der Waals surface area contributed by atoms with E-state index >= 15 is 0 Å². The van der Waals surface area contributed by atoms with Crippen molar-refractivity contribution in [3.8, 4) is 0 Å². The van der Waals surface area contributed by atoms with Gasteiger partial charge in [-0.15, -0.1) is 16.0 Å². The van der Waals surface area contributed by atoms with Crippen LogP contribution in [0, 0.1) is 0 Å². The van der Waals surface area contributed by atoms with Gasteiger partial charge in [-0.25, -0.2) is 0 Å². The summed E-state index contributed by atoms with van der Waals surface area (Å²) in [5.41, 5.74) is 0. The fourth-order valence-electron chi connectivity index (χ4n) is 0.433. The quantitative estimate of drug-likeness (QED) is 0.367. The molecule has 14 radical (unpaired) electrons. The zero-order valence-corrected chi connectivity index (χ0v) is 5.62. The van der Waals surface area contributed by atoms with Crippen LogP contribution in [0.2, 0.25) is 16.0 Å². The highest BCUT2D eigenvalue weighted by Gasteiger charge is 2.27. The molecule has 34 valence electrons. The van der Waals surface area contributed by atoms with Crippen molar-refractivity contribution in [2.45, 2.75) is 16.0 Å². The SMILES string of the molecule is [B]C(C([B])([B])[B])C([B])([B])[B]. The lowest BCUT2D eigenvalue weighted by Crippen LogP contribution is -2.32. The van der Waals surface area contributed by atoms with E-state index in [0.29, 0.717) is 0 Å². The van der Waals surface area contributed by atoms with Crippen LogP contribution in [-0.4, -0.2) is 54.9 Å². The molecule has 0 fully saturated rings. The smallest absolute Gasteiger partial charge is 0.0655 e. The summed E-state index contributed by atoms with van der Waals surface area (Å²) in [5, 5.41) is -3.31. The van der Waals surface area contributed by atoms with Crippen molar-refractivity contribution in [2.24, 2.45) is 0 Å². The maximum absolute atomic E-state index is 5.28. The topological polar surface area (TPSA) is 0 Å². The summed E-state index contributed by atoms with van der Waals surface area (Å²) < 4.78 is 0. The fourth-order valence-corrected chi connectivity index (χ4v) is 0.433. The third kappa shape index (κ3) is 3.03. The summed E-state index contributed by atoms with van der Waals surface area (Å²) >= 11 is 0. The van der Waals surface area contributed by atoms with Crippen LogP contribution in [0.4, 0.5) is 0 Å². The van der Waals surface area contributed by atoms with Gasteiger partial charge >= 0.3 is 0 Å². The minimum atomic E-state index is -1.65. The first kappa shape index (κ1) is 10.5. The molecule has 0 heterocycles. The molecule has 0 spiro atoms. The minimum absolute atomic E-state index is 1.07. The third-order valence-electron chi connectivity index (χ3n) is 1.08. The van der Waals surface area contributed by atoms with Gasteiger partial charge in [-0.1, -0.05) is 0 Å². The van der Waals surface area contributed by atoms with Crippen LogP contribution in [0.1, 0.15) is 0 Å². The molecule has 0 aliphatic rings. The second-order valence-corrected chi connectivity index (χ2v) is 2.48. The average Bonchev–Trinajstić information content (AvgIpc) is 1.59. The van der Waals surface area contributed by atoms with Crippen LogP contribution in [0.25, 0.3) is 0 Å². The lowest BCUT2D eigenvalue weighted by Gasteiger charge is -2.41. The maximum atomic E-state index is 5.28. The van der Waals surface area contributed by atoms with Crippen LogP contribution in [0.5, 0.6) is 0 Å². The second kappa shape index (κ2) is 2.83. The van der Waals surface area contributed by atoms with Gasteiger partial charge in [0.05, 0.1) is 54.9 Å². The van der Waals surface area contributed by atoms with Crippen molar-refractivity contribution in [3.05, 3.63) is 0 Å². The minimum Gasteiger partial charge on any atom is -0.136 e. The first-order valence-electron chi connectivity index (χ1n) is 2.64. The zero-order chi connectivity index (χ0) is 8.58. The van der Waals surface area contributed by atoms with E-state index in [1.807, 2.05) is 0 Å². The summed E-state index contributed by atoms with van der Waals surface area (Å²) in [4.78, 5) is 0. The second-order valence-electron chi connectivity index (χ2n) is 2.48. The van der Waals surface area contributed by atoms with Gasteiger partial charge in [0.2, 0.25) is 0 Å². The first-order chi connectivity index (χ1) is 4.15. The Morgan fingerprint density at radius 2 is 0.900 bits per heavy atom. The van der Waals surface area contributed by atoms with E-state index in [2.05, 4.69) is 0 Å². The van der Waals surface area contributed by atoms with Gasteiger partial charge in [0, 0.05) is 0 Å². The van der Waals surface area contributed by atoms with Gasteiger partial charge in [0.25, 0.3) is 0 Å². The predicted molar refractivity (Wildman–Crippen MR) is 49.4 cm³/mol. The van der Waals surface area contributed by atoms with E-state index in [9.17, 15) is 0 Å². The maximum Gasteiger partial charge on any atom is 0.0655 e. The molecule has 0 bridgehead atoms. The largest absolute Gasteiger partial charge is 0.136 e. The molecule has 10 heavy (non-hydrogen) atoms. The highest BCUT2D eigenvalue weighted by molar-refractivity contribution is 6.68. The molecule has 7 heteroatoms. The molecule has 0 N–H and O–H groups in total. The fraction of sp³-hybridized carbons (Fsp3) is 1.00. The Labute approximate surface area is 71.5 Å². The number of hydrogen-bond donors (Lipinski definition) is 0. The standard InChI is InChI=1S/C3HB7/c4-1(2(5,6)7)3(8,9)10/h1H. The molecule has 0 rings (SSSR count). The Bertz CT molecular complexity index is 93.0. The molecule has 0 aliphatic carbocycles. The lowest BCUT2D eigenvalue weighted by molar-refractivity contribution is 0.857. The van der Waals surface area contributed by atoms with Gasteiger partial charge in [-0.2, -0.15) is 0 Å². The van der Waals surface area contributed by atoms with E-state index in [1.54, 1.807) is 0 Å². The Hall–Kier alpha value is 0.455. The van der Waals surface area contributed by atoms with Gasteiger partial charge in [0.15, 0.2) is 0 Å². The first-order valence-corrected chi connectivity index (χ1v) is 2.64. The number of rotatable bonds is 2. The Morgan fingerprint density at radius 3 is 0.900 bits per heavy atom. The van der Waals surface area contributed by atoms with Gasteiger partial charge in [-0.05, 0) is 0 Å². The van der Waals surface area contributed by atoms with E-state index in [-0.39, 0.29) is 0 Å². The molecule has 0 aromatic carbocycles. The molecule has 0 aliphatic heterocycles. The normalized spacial score (nSPS) is 13.7. The van der Waals surface area contributed by atoms with Crippen LogP contribution in [0.3, 0.4) is 0 Å².